The lowest BCUT2D eigenvalue weighted by Gasteiger charge is -2.53. The monoisotopic (exact) mass is 394 g/mol. The molecular weight excluding hydrogens is 364 g/mol. The maximum Gasteiger partial charge on any atom is 0.338 e. The summed E-state index contributed by atoms with van der Waals surface area (Å²) in [4.78, 5) is 23.9. The molecule has 1 aliphatic carbocycles. The summed E-state index contributed by atoms with van der Waals surface area (Å²) < 4.78 is 5.73. The van der Waals surface area contributed by atoms with Gasteiger partial charge in [-0.2, -0.15) is 11.8 Å². The van der Waals surface area contributed by atoms with Gasteiger partial charge in [-0.15, -0.1) is 0 Å². The number of carbonyl (C=O) groups is 1. The number of ether oxygens (including phenoxy) is 1. The molecule has 27 heavy (non-hydrogen) atoms. The first-order valence-electron chi connectivity index (χ1n) is 9.77. The Morgan fingerprint density at radius 2 is 2.04 bits per heavy atom. The van der Waals surface area contributed by atoms with Gasteiger partial charge >= 0.3 is 5.97 Å². The summed E-state index contributed by atoms with van der Waals surface area (Å²) in [5, 5.41) is 11.0. The first-order valence-corrected chi connectivity index (χ1v) is 10.9. The van der Waals surface area contributed by atoms with Crippen molar-refractivity contribution < 1.29 is 24.4 Å². The van der Waals surface area contributed by atoms with Crippen molar-refractivity contribution in [3.8, 4) is 0 Å². The average Bonchev–Trinajstić information content (AvgIpc) is 2.66. The molecule has 1 N–H and O–H groups in total. The Balaban J connectivity index is 1.69. The van der Waals surface area contributed by atoms with Gasteiger partial charge in [0.15, 0.2) is 0 Å². The number of unbranched alkanes of at least 4 members (excludes halogenated alkanes) is 1. The van der Waals surface area contributed by atoms with Gasteiger partial charge in [0, 0.05) is 5.75 Å². The molecular formula is C21H30O5S. The lowest BCUT2D eigenvalue weighted by atomic mass is 9.69. The van der Waals surface area contributed by atoms with E-state index in [4.69, 9.17) is 14.5 Å². The Morgan fingerprint density at radius 3 is 2.74 bits per heavy atom. The molecule has 0 aromatic heterocycles. The zero-order valence-corrected chi connectivity index (χ0v) is 17.2. The summed E-state index contributed by atoms with van der Waals surface area (Å²) in [6.45, 7) is 5.91. The fourth-order valence-corrected chi connectivity index (χ4v) is 5.10. The fraction of sp³-hybridized carbons (Fsp3) is 0.667. The van der Waals surface area contributed by atoms with Crippen LogP contribution in [-0.2, 0) is 14.5 Å². The SMILES string of the molecule is CCCCSCC1(C)OO[C@H]2C[C@@H]1C[C@H](OC(=O)c1ccccc1)[C@]2(C)O. The quantitative estimate of drug-likeness (QED) is 0.428. The maximum atomic E-state index is 12.5. The van der Waals surface area contributed by atoms with Crippen LogP contribution in [0.15, 0.2) is 30.3 Å². The molecule has 5 nitrogen and oxygen atoms in total. The molecule has 1 aromatic carbocycles. The summed E-state index contributed by atoms with van der Waals surface area (Å²) in [7, 11) is 0. The van der Waals surface area contributed by atoms with E-state index >= 15 is 0 Å². The molecule has 6 heteroatoms. The molecule has 0 amide bonds. The van der Waals surface area contributed by atoms with Crippen LogP contribution in [-0.4, -0.2) is 46.0 Å². The van der Waals surface area contributed by atoms with Gasteiger partial charge in [-0.25, -0.2) is 14.6 Å². The molecule has 2 fully saturated rings. The summed E-state index contributed by atoms with van der Waals surface area (Å²) in [6, 6.07) is 8.88. The molecule has 2 bridgehead atoms. The van der Waals surface area contributed by atoms with Gasteiger partial charge in [0.05, 0.1) is 5.56 Å². The molecule has 1 aromatic rings. The minimum Gasteiger partial charge on any atom is -0.456 e. The molecule has 0 spiro atoms. The van der Waals surface area contributed by atoms with Crippen molar-refractivity contribution in [1.29, 1.82) is 0 Å². The number of esters is 1. The standard InChI is InChI=1S/C21H30O5S/c1-4-5-11-27-14-20(2)16-12-17(21(3,23)18(13-16)25-26-20)24-19(22)15-9-7-6-8-10-15/h6-10,16-18,23H,4-5,11-14H2,1-3H3/t16-,17-,18-,20?,21-/m0/s1. The van der Waals surface area contributed by atoms with Gasteiger partial charge in [-0.1, -0.05) is 31.5 Å². The third-order valence-corrected chi connectivity index (χ3v) is 7.16. The van der Waals surface area contributed by atoms with E-state index in [9.17, 15) is 9.90 Å². The van der Waals surface area contributed by atoms with E-state index in [0.29, 0.717) is 18.4 Å². The second-order valence-corrected chi connectivity index (χ2v) is 9.15. The average molecular weight is 395 g/mol. The highest BCUT2D eigenvalue weighted by molar-refractivity contribution is 7.99. The summed E-state index contributed by atoms with van der Waals surface area (Å²) in [6.07, 6.45) is 2.50. The largest absolute Gasteiger partial charge is 0.456 e. The smallest absolute Gasteiger partial charge is 0.338 e. The molecule has 150 valence electrons. The van der Waals surface area contributed by atoms with E-state index < -0.39 is 29.4 Å². The predicted molar refractivity (Wildman–Crippen MR) is 106 cm³/mol. The van der Waals surface area contributed by atoms with Gasteiger partial charge in [-0.05, 0) is 56.9 Å². The third kappa shape index (κ3) is 4.50. The first kappa shape index (κ1) is 20.6. The second-order valence-electron chi connectivity index (χ2n) is 8.04. The summed E-state index contributed by atoms with van der Waals surface area (Å²) in [5.41, 5.74) is -1.24. The van der Waals surface area contributed by atoms with Gasteiger partial charge in [0.1, 0.15) is 23.4 Å². The lowest BCUT2D eigenvalue weighted by Crippen LogP contribution is -2.64. The summed E-state index contributed by atoms with van der Waals surface area (Å²) in [5.74, 6) is 1.67. The number of carbonyl (C=O) groups excluding carboxylic acids is 1. The molecule has 0 radical (unpaired) electrons. The number of thioether (sulfide) groups is 1. The van der Waals surface area contributed by atoms with E-state index in [1.165, 1.54) is 12.8 Å². The Hall–Kier alpha value is -1.08. The van der Waals surface area contributed by atoms with Crippen molar-refractivity contribution in [2.45, 2.75) is 69.9 Å². The molecule has 3 rings (SSSR count). The van der Waals surface area contributed by atoms with E-state index in [0.717, 1.165) is 11.5 Å². The topological polar surface area (TPSA) is 65.0 Å². The maximum absolute atomic E-state index is 12.5. The van der Waals surface area contributed by atoms with Crippen LogP contribution < -0.4 is 0 Å². The number of hydrogen-bond donors (Lipinski definition) is 1. The Morgan fingerprint density at radius 1 is 1.30 bits per heavy atom. The normalized spacial score (nSPS) is 35.6. The van der Waals surface area contributed by atoms with Crippen LogP contribution in [0.2, 0.25) is 0 Å². The highest BCUT2D eigenvalue weighted by atomic mass is 32.2. The van der Waals surface area contributed by atoms with Crippen LogP contribution in [0, 0.1) is 5.92 Å². The first-order chi connectivity index (χ1) is 12.9. The third-order valence-electron chi connectivity index (χ3n) is 5.81. The van der Waals surface area contributed by atoms with Crippen LogP contribution in [0.5, 0.6) is 0 Å². The zero-order valence-electron chi connectivity index (χ0n) is 16.3. The number of fused-ring (bicyclic) bond motifs is 2. The predicted octanol–water partition coefficient (Wildman–Crippen LogP) is 4.00. The highest BCUT2D eigenvalue weighted by Gasteiger charge is 2.57. The van der Waals surface area contributed by atoms with Crippen molar-refractivity contribution >= 4 is 17.7 Å². The van der Waals surface area contributed by atoms with Crippen molar-refractivity contribution in [1.82, 2.24) is 0 Å². The number of aliphatic hydroxyl groups is 1. The molecule has 1 heterocycles. The Labute approximate surface area is 165 Å². The van der Waals surface area contributed by atoms with E-state index in [-0.39, 0.29) is 5.92 Å². The van der Waals surface area contributed by atoms with Gasteiger partial charge in [0.2, 0.25) is 0 Å². The van der Waals surface area contributed by atoms with Gasteiger partial charge in [0.25, 0.3) is 0 Å². The molecule has 1 saturated carbocycles. The van der Waals surface area contributed by atoms with Crippen LogP contribution >= 0.6 is 11.8 Å². The van der Waals surface area contributed by atoms with E-state index in [1.807, 2.05) is 17.8 Å². The molecule has 1 unspecified atom stereocenters. The molecule has 5 atom stereocenters. The minimum atomic E-state index is -1.28. The minimum absolute atomic E-state index is 0.166. The molecule has 1 saturated heterocycles. The van der Waals surface area contributed by atoms with Crippen molar-refractivity contribution in [2.75, 3.05) is 11.5 Å². The fourth-order valence-electron chi connectivity index (χ4n) is 3.77. The number of hydrogen-bond acceptors (Lipinski definition) is 6. The van der Waals surface area contributed by atoms with Gasteiger partial charge in [-0.3, -0.25) is 0 Å². The van der Waals surface area contributed by atoms with E-state index in [2.05, 4.69) is 13.8 Å². The van der Waals surface area contributed by atoms with Crippen LogP contribution in [0.25, 0.3) is 0 Å². The highest BCUT2D eigenvalue weighted by Crippen LogP contribution is 2.47. The number of benzene rings is 1. The Bertz CT molecular complexity index is 635. The number of rotatable bonds is 7. The lowest BCUT2D eigenvalue weighted by molar-refractivity contribution is -0.448. The second kappa shape index (κ2) is 8.52. The van der Waals surface area contributed by atoms with Crippen molar-refractivity contribution in [3.05, 3.63) is 35.9 Å². The van der Waals surface area contributed by atoms with Crippen molar-refractivity contribution in [2.24, 2.45) is 5.92 Å². The van der Waals surface area contributed by atoms with Crippen LogP contribution in [0.4, 0.5) is 0 Å². The molecule has 2 aliphatic rings. The van der Waals surface area contributed by atoms with Crippen LogP contribution in [0.3, 0.4) is 0 Å². The molecule has 1 aliphatic heterocycles. The van der Waals surface area contributed by atoms with E-state index in [1.54, 1.807) is 31.2 Å². The van der Waals surface area contributed by atoms with Crippen LogP contribution in [0.1, 0.15) is 56.8 Å². The summed E-state index contributed by atoms with van der Waals surface area (Å²) >= 11 is 1.86. The zero-order chi connectivity index (χ0) is 19.5. The Kier molecular flexibility index (Phi) is 6.51. The van der Waals surface area contributed by atoms with Gasteiger partial charge < -0.3 is 9.84 Å². The van der Waals surface area contributed by atoms with Crippen molar-refractivity contribution in [3.63, 3.8) is 0 Å².